The van der Waals surface area contributed by atoms with Crippen LogP contribution in [0.15, 0.2) is 42.5 Å². The summed E-state index contributed by atoms with van der Waals surface area (Å²) in [7, 11) is 1.51. The van der Waals surface area contributed by atoms with Gasteiger partial charge < -0.3 is 4.90 Å². The Balaban J connectivity index is 2.19. The predicted octanol–water partition coefficient (Wildman–Crippen LogP) is 3.38. The van der Waals surface area contributed by atoms with Crippen molar-refractivity contribution in [2.45, 2.75) is 6.54 Å². The fraction of sp³-hybridized carbons (Fsp3) is 0.133. The number of hydrogen-bond acceptors (Lipinski definition) is 1. The highest BCUT2D eigenvalue weighted by Crippen LogP contribution is 2.15. The van der Waals surface area contributed by atoms with Crippen LogP contribution in [-0.4, -0.2) is 17.9 Å². The summed E-state index contributed by atoms with van der Waals surface area (Å²) in [5.41, 5.74) is 0.659. The summed E-state index contributed by atoms with van der Waals surface area (Å²) in [6.07, 6.45) is 0. The van der Waals surface area contributed by atoms with E-state index in [0.717, 1.165) is 5.56 Å². The average Bonchev–Trinajstić information content (AvgIpc) is 2.44. The third-order valence-corrected chi connectivity index (χ3v) is 2.84. The van der Waals surface area contributed by atoms with Gasteiger partial charge in [0.25, 0.3) is 5.91 Å². The minimum atomic E-state index is -1.58. The molecule has 104 valence electrons. The summed E-state index contributed by atoms with van der Waals surface area (Å²) in [4.78, 5) is 13.3. The SMILES string of the molecule is CN(Cc1ccccc1)C(=O)c1cc(F)c(F)c(F)c1. The Morgan fingerprint density at radius 2 is 1.60 bits per heavy atom. The Morgan fingerprint density at radius 3 is 2.15 bits per heavy atom. The molecule has 5 heteroatoms. The summed E-state index contributed by atoms with van der Waals surface area (Å²) in [5, 5.41) is 0. The Bertz CT molecular complexity index is 605. The molecule has 0 saturated heterocycles. The van der Waals surface area contributed by atoms with E-state index in [0.29, 0.717) is 18.7 Å². The molecule has 0 N–H and O–H groups in total. The number of hydrogen-bond donors (Lipinski definition) is 0. The molecule has 2 rings (SSSR count). The molecule has 2 nitrogen and oxygen atoms in total. The molecule has 0 unspecified atom stereocenters. The van der Waals surface area contributed by atoms with Crippen LogP contribution in [0.2, 0.25) is 0 Å². The molecule has 1 amide bonds. The zero-order chi connectivity index (χ0) is 14.7. The van der Waals surface area contributed by atoms with Crippen LogP contribution in [0.5, 0.6) is 0 Å². The fourth-order valence-electron chi connectivity index (χ4n) is 1.83. The summed E-state index contributed by atoms with van der Waals surface area (Å²) in [5.74, 6) is -4.90. The van der Waals surface area contributed by atoms with Gasteiger partial charge in [0.15, 0.2) is 17.5 Å². The highest BCUT2D eigenvalue weighted by Gasteiger charge is 2.17. The molecular weight excluding hydrogens is 267 g/mol. The normalized spacial score (nSPS) is 10.4. The molecule has 0 atom stereocenters. The van der Waals surface area contributed by atoms with Gasteiger partial charge in [-0.3, -0.25) is 4.79 Å². The second-order valence-corrected chi connectivity index (χ2v) is 4.40. The summed E-state index contributed by atoms with van der Waals surface area (Å²) < 4.78 is 39.1. The molecule has 2 aromatic rings. The molecule has 0 fully saturated rings. The van der Waals surface area contributed by atoms with Crippen LogP contribution < -0.4 is 0 Å². The van der Waals surface area contributed by atoms with Crippen molar-refractivity contribution in [1.29, 1.82) is 0 Å². The maximum absolute atomic E-state index is 13.1. The van der Waals surface area contributed by atoms with E-state index in [2.05, 4.69) is 0 Å². The van der Waals surface area contributed by atoms with E-state index in [9.17, 15) is 18.0 Å². The van der Waals surface area contributed by atoms with E-state index in [-0.39, 0.29) is 5.56 Å². The first kappa shape index (κ1) is 14.1. The summed E-state index contributed by atoms with van der Waals surface area (Å²) in [6.45, 7) is 0.292. The third-order valence-electron chi connectivity index (χ3n) is 2.84. The van der Waals surface area contributed by atoms with Gasteiger partial charge in [-0.15, -0.1) is 0 Å². The zero-order valence-electron chi connectivity index (χ0n) is 10.7. The molecule has 0 saturated carbocycles. The van der Waals surface area contributed by atoms with Crippen molar-refractivity contribution in [3.63, 3.8) is 0 Å². The molecule has 0 spiro atoms. The quantitative estimate of drug-likeness (QED) is 0.789. The van der Waals surface area contributed by atoms with Crippen molar-refractivity contribution in [3.8, 4) is 0 Å². The second-order valence-electron chi connectivity index (χ2n) is 4.40. The first-order chi connectivity index (χ1) is 9.49. The van der Waals surface area contributed by atoms with Crippen molar-refractivity contribution < 1.29 is 18.0 Å². The van der Waals surface area contributed by atoms with E-state index in [4.69, 9.17) is 0 Å². The number of rotatable bonds is 3. The minimum Gasteiger partial charge on any atom is -0.337 e. The van der Waals surface area contributed by atoms with Gasteiger partial charge in [0, 0.05) is 19.2 Å². The molecule has 0 aliphatic rings. The number of carbonyl (C=O) groups excluding carboxylic acids is 1. The number of amides is 1. The smallest absolute Gasteiger partial charge is 0.254 e. The largest absolute Gasteiger partial charge is 0.337 e. The van der Waals surface area contributed by atoms with Crippen molar-refractivity contribution in [2.24, 2.45) is 0 Å². The van der Waals surface area contributed by atoms with Crippen LogP contribution in [0.4, 0.5) is 13.2 Å². The average molecular weight is 279 g/mol. The van der Waals surface area contributed by atoms with Gasteiger partial charge in [-0.2, -0.15) is 0 Å². The van der Waals surface area contributed by atoms with Gasteiger partial charge in [-0.1, -0.05) is 30.3 Å². The van der Waals surface area contributed by atoms with Gasteiger partial charge in [-0.05, 0) is 17.7 Å². The molecule has 0 bridgehead atoms. The number of halogens is 3. The molecule has 0 aliphatic heterocycles. The van der Waals surface area contributed by atoms with Crippen molar-refractivity contribution in [1.82, 2.24) is 4.90 Å². The van der Waals surface area contributed by atoms with Crippen molar-refractivity contribution in [2.75, 3.05) is 7.05 Å². The molecule has 2 aromatic carbocycles. The Hall–Kier alpha value is -2.30. The number of carbonyl (C=O) groups is 1. The second kappa shape index (κ2) is 5.77. The van der Waals surface area contributed by atoms with Crippen LogP contribution in [0.3, 0.4) is 0 Å². The molecule has 0 aliphatic carbocycles. The van der Waals surface area contributed by atoms with Gasteiger partial charge in [0.05, 0.1) is 0 Å². The molecule has 0 heterocycles. The van der Waals surface area contributed by atoms with Crippen molar-refractivity contribution in [3.05, 3.63) is 71.0 Å². The maximum atomic E-state index is 13.1. The third kappa shape index (κ3) is 2.99. The predicted molar refractivity (Wildman–Crippen MR) is 68.6 cm³/mol. The fourth-order valence-corrected chi connectivity index (χ4v) is 1.83. The molecule has 20 heavy (non-hydrogen) atoms. The van der Waals surface area contributed by atoms with E-state index in [1.807, 2.05) is 30.3 Å². The van der Waals surface area contributed by atoms with Crippen LogP contribution in [0.1, 0.15) is 15.9 Å². The first-order valence-electron chi connectivity index (χ1n) is 5.93. The van der Waals surface area contributed by atoms with E-state index >= 15 is 0 Å². The van der Waals surface area contributed by atoms with Gasteiger partial charge >= 0.3 is 0 Å². The van der Waals surface area contributed by atoms with Crippen LogP contribution in [0.25, 0.3) is 0 Å². The lowest BCUT2D eigenvalue weighted by Gasteiger charge is -2.17. The minimum absolute atomic E-state index is 0.222. The van der Waals surface area contributed by atoms with E-state index < -0.39 is 23.4 Å². The monoisotopic (exact) mass is 279 g/mol. The topological polar surface area (TPSA) is 20.3 Å². The first-order valence-corrected chi connectivity index (χ1v) is 5.93. The van der Waals surface area contributed by atoms with Gasteiger partial charge in [0.2, 0.25) is 0 Å². The highest BCUT2D eigenvalue weighted by molar-refractivity contribution is 5.94. The van der Waals surface area contributed by atoms with Crippen LogP contribution >= 0.6 is 0 Å². The Kier molecular flexibility index (Phi) is 4.08. The lowest BCUT2D eigenvalue weighted by Crippen LogP contribution is -2.26. The lowest BCUT2D eigenvalue weighted by molar-refractivity contribution is 0.0784. The highest BCUT2D eigenvalue weighted by atomic mass is 19.2. The van der Waals surface area contributed by atoms with Crippen LogP contribution in [-0.2, 0) is 6.54 Å². The van der Waals surface area contributed by atoms with Crippen LogP contribution in [0, 0.1) is 17.5 Å². The number of nitrogens with zero attached hydrogens (tertiary/aromatic N) is 1. The van der Waals surface area contributed by atoms with Crippen molar-refractivity contribution >= 4 is 5.91 Å². The van der Waals surface area contributed by atoms with Gasteiger partial charge in [0.1, 0.15) is 0 Å². The van der Waals surface area contributed by atoms with Gasteiger partial charge in [-0.25, -0.2) is 13.2 Å². The summed E-state index contributed by atoms with van der Waals surface area (Å²) in [6, 6.07) is 10.5. The molecule has 0 radical (unpaired) electrons. The standard InChI is InChI=1S/C15H12F3NO/c1-19(9-10-5-3-2-4-6-10)15(20)11-7-12(16)14(18)13(17)8-11/h2-8H,9H2,1H3. The summed E-state index contributed by atoms with van der Waals surface area (Å²) >= 11 is 0. The maximum Gasteiger partial charge on any atom is 0.254 e. The molecular formula is C15H12F3NO. The lowest BCUT2D eigenvalue weighted by atomic mass is 10.1. The molecule has 0 aromatic heterocycles. The Labute approximate surface area is 114 Å². The Morgan fingerprint density at radius 1 is 1.05 bits per heavy atom. The van der Waals surface area contributed by atoms with E-state index in [1.165, 1.54) is 11.9 Å². The zero-order valence-corrected chi connectivity index (χ0v) is 10.7. The van der Waals surface area contributed by atoms with E-state index in [1.54, 1.807) is 0 Å². The number of benzene rings is 2.